The Morgan fingerprint density at radius 3 is 0.841 bits per heavy atom. The molecule has 0 fully saturated rings. The Morgan fingerprint density at radius 1 is 0.256 bits per heavy atom. The molecule has 390 valence electrons. The zero-order chi connectivity index (χ0) is 61.9. The Balaban J connectivity index is 1.12. The molecule has 0 aliphatic heterocycles. The Kier molecular flexibility index (Phi) is 11.1. The summed E-state index contributed by atoms with van der Waals surface area (Å²) in [5.74, 6) is 0. The first-order valence-electron chi connectivity index (χ1n) is 31.9. The second-order valence-electron chi connectivity index (χ2n) is 20.9. The predicted octanol–water partition coefficient (Wildman–Crippen LogP) is 10.0. The van der Waals surface area contributed by atoms with E-state index in [1.807, 2.05) is 204 Å². The average Bonchev–Trinajstić information content (AvgIpc) is 1.44. The fourth-order valence-corrected chi connectivity index (χ4v) is 26.8. The van der Waals surface area contributed by atoms with E-state index in [0.717, 1.165) is 46.7 Å². The molecule has 82 heavy (non-hydrogen) atoms. The molecule has 2 heterocycles. The van der Waals surface area contributed by atoms with Gasteiger partial charge < -0.3 is 9.13 Å². The molecule has 14 rings (SSSR count). The fourth-order valence-electron chi connectivity index (χ4n) is 13.0. The van der Waals surface area contributed by atoms with Crippen molar-refractivity contribution in [3.63, 3.8) is 0 Å². The van der Waals surface area contributed by atoms with Crippen LogP contribution in [0.2, 0.25) is 0 Å². The van der Waals surface area contributed by atoms with Crippen molar-refractivity contribution in [1.82, 2.24) is 9.13 Å². The van der Waals surface area contributed by atoms with Crippen molar-refractivity contribution >= 4 is 108 Å². The lowest BCUT2D eigenvalue weighted by molar-refractivity contribution is 1.04. The van der Waals surface area contributed by atoms with Gasteiger partial charge in [-0.3, -0.25) is 0 Å². The van der Waals surface area contributed by atoms with E-state index >= 15 is 0 Å². The summed E-state index contributed by atoms with van der Waals surface area (Å²) in [6.07, 6.45) is 0. The monoisotopic (exact) mass is 1100 g/mol. The van der Waals surface area contributed by atoms with Crippen LogP contribution in [-0.2, 0) is 0 Å². The zero-order valence-corrected chi connectivity index (χ0v) is 48.2. The van der Waals surface area contributed by atoms with Crippen molar-refractivity contribution in [2.45, 2.75) is 6.92 Å². The summed E-state index contributed by atoms with van der Waals surface area (Å²) >= 11 is 0. The molecule has 0 saturated heterocycles. The lowest BCUT2D eigenvalue weighted by atomic mass is 10.2. The molecule has 2 nitrogen and oxygen atoms in total. The largest absolute Gasteiger partial charge is 0.316 e. The topological polar surface area (TPSA) is 9.86 Å². The molecule has 0 N–H and O–H groups in total. The smallest absolute Gasteiger partial charge is 0.199 e. The number of nitrogens with zero attached hydrogens (tertiary/aromatic N) is 2. The van der Waals surface area contributed by atoms with Gasteiger partial charge in [-0.2, -0.15) is 0 Å². The summed E-state index contributed by atoms with van der Waals surface area (Å²) in [4.78, 5) is 0. The molecule has 0 amide bonds. The molecule has 14 aromatic rings. The van der Waals surface area contributed by atoms with Crippen LogP contribution in [0.4, 0.5) is 0 Å². The SMILES string of the molecule is [2H]c1c([Si](c2ccccc2)(c2ccccc2)c2ccccc2)c([2H])c2c([2H])c(C)n(-c3cccc(-n4c([Si](c5ccccc5)(c5ccccc5)c5ccccc5)c([2H])c5c([2H])c([Si](c6ccccc6)(c6ccccc6)c6ccccc6)c([2H])c([2H])c54)c3)c2c1[2H]. The van der Waals surface area contributed by atoms with Crippen LogP contribution in [0.1, 0.15) is 16.7 Å². The van der Waals surface area contributed by atoms with Crippen molar-refractivity contribution in [2.75, 3.05) is 0 Å². The second kappa shape index (κ2) is 21.4. The van der Waals surface area contributed by atoms with E-state index < -0.39 is 24.2 Å². The van der Waals surface area contributed by atoms with Crippen molar-refractivity contribution in [3.8, 4) is 11.4 Å². The second-order valence-corrected chi connectivity index (χ2v) is 32.0. The van der Waals surface area contributed by atoms with Gasteiger partial charge in [-0.15, -0.1) is 0 Å². The molecular formula is C77H60N2Si3. The van der Waals surface area contributed by atoms with E-state index in [0.29, 0.717) is 32.8 Å². The number of aromatic nitrogens is 2. The maximum absolute atomic E-state index is 11.2. The van der Waals surface area contributed by atoms with Crippen molar-refractivity contribution in [2.24, 2.45) is 0 Å². The number of rotatable bonds is 14. The molecule has 12 aromatic carbocycles. The quantitative estimate of drug-likeness (QED) is 0.0759. The van der Waals surface area contributed by atoms with Crippen LogP contribution in [0, 0.1) is 6.92 Å². The molecule has 0 aliphatic rings. The van der Waals surface area contributed by atoms with E-state index in [-0.39, 0.29) is 70.1 Å². The summed E-state index contributed by atoms with van der Waals surface area (Å²) in [5.41, 5.74) is 2.02. The third-order valence-electron chi connectivity index (χ3n) is 16.5. The third kappa shape index (κ3) is 8.27. The first kappa shape index (κ1) is 42.3. The van der Waals surface area contributed by atoms with Crippen LogP contribution in [0.5, 0.6) is 0 Å². The molecule has 0 saturated carbocycles. The minimum absolute atomic E-state index is 0.0142. The maximum Gasteiger partial charge on any atom is 0.199 e. The van der Waals surface area contributed by atoms with Crippen molar-refractivity contribution in [3.05, 3.63) is 351 Å². The average molecular weight is 1110 g/mol. The normalized spacial score (nSPS) is 13.3. The highest BCUT2D eigenvalue weighted by Crippen LogP contribution is 2.29. The van der Waals surface area contributed by atoms with Gasteiger partial charge >= 0.3 is 0 Å². The van der Waals surface area contributed by atoms with Crippen LogP contribution in [0.15, 0.2) is 346 Å². The van der Waals surface area contributed by atoms with Gasteiger partial charge in [-0.05, 0) is 112 Å². The highest BCUT2D eigenvalue weighted by molar-refractivity contribution is 7.21. The number of hydrogen-bond acceptors (Lipinski definition) is 0. The van der Waals surface area contributed by atoms with Gasteiger partial charge in [0, 0.05) is 27.8 Å². The summed E-state index contributed by atoms with van der Waals surface area (Å²) in [7, 11) is -11.1. The molecular weight excluding hydrogens is 1040 g/mol. The number of hydrogen-bond donors (Lipinski definition) is 0. The lowest BCUT2D eigenvalue weighted by Crippen LogP contribution is -2.76. The summed E-state index contributed by atoms with van der Waals surface area (Å²) in [5, 5.41) is 10.5. The summed E-state index contributed by atoms with van der Waals surface area (Å²) < 4.78 is 88.8. The van der Waals surface area contributed by atoms with Crippen LogP contribution < -0.4 is 62.4 Å². The summed E-state index contributed by atoms with van der Waals surface area (Å²) in [6, 6.07) is 99.0. The van der Waals surface area contributed by atoms with E-state index in [1.165, 1.54) is 0 Å². The Hall–Kier alpha value is -9.63. The molecule has 0 radical (unpaired) electrons. The van der Waals surface area contributed by atoms with E-state index in [1.54, 1.807) is 0 Å². The van der Waals surface area contributed by atoms with Crippen LogP contribution in [-0.4, -0.2) is 33.4 Å². The number of benzene rings is 12. The fraction of sp³-hybridized carbons (Fsp3) is 0.0130. The van der Waals surface area contributed by atoms with Crippen LogP contribution in [0.3, 0.4) is 0 Å². The third-order valence-corrected chi connectivity index (χ3v) is 30.3. The van der Waals surface area contributed by atoms with Crippen LogP contribution >= 0.6 is 0 Å². The number of fused-ring (bicyclic) bond motifs is 2. The first-order chi connectivity index (χ1) is 44.0. The molecule has 2 aromatic heterocycles. The maximum atomic E-state index is 11.2. The standard InChI is InChI=1S/C77H60N2Si3/c1-59-54-60-55-73(80(64-32-11-2-12-33-64,65-34-13-3-14-35-65)66-36-15-4-16-37-66)50-52-75(60)78(59)62-30-29-31-63(58-62)79-76-53-51-74(81(67-38-17-5-18-39-67,68-40-19-6-20-41-68)69-42-21-7-22-43-69)56-61(76)57-77(79)82(70-44-23-8-24-45-70,71-46-25-9-26-47-71)72-48-27-10-28-49-72/h2-58H,1H3/i50D,51D,52D,53D,54D,55D,56D,57D. The van der Waals surface area contributed by atoms with Gasteiger partial charge in [0.25, 0.3) is 0 Å². The highest BCUT2D eigenvalue weighted by atomic mass is 28.3. The molecule has 0 aliphatic carbocycles. The van der Waals surface area contributed by atoms with Gasteiger partial charge in [0.2, 0.25) is 0 Å². The lowest BCUT2D eigenvalue weighted by Gasteiger charge is -2.35. The predicted molar refractivity (Wildman–Crippen MR) is 356 cm³/mol. The first-order valence-corrected chi connectivity index (χ1v) is 33.9. The van der Waals surface area contributed by atoms with E-state index in [4.69, 9.17) is 0 Å². The zero-order valence-electron chi connectivity index (χ0n) is 53.2. The molecule has 0 spiro atoms. The van der Waals surface area contributed by atoms with E-state index in [9.17, 15) is 11.0 Å². The van der Waals surface area contributed by atoms with Crippen molar-refractivity contribution < 1.29 is 11.0 Å². The summed E-state index contributed by atoms with van der Waals surface area (Å²) in [6.45, 7) is 1.83. The van der Waals surface area contributed by atoms with Crippen LogP contribution in [0.25, 0.3) is 33.2 Å². The van der Waals surface area contributed by atoms with E-state index in [2.05, 4.69) is 109 Å². The minimum atomic E-state index is -3.81. The molecule has 0 atom stereocenters. The Bertz CT molecular complexity index is 4680. The molecule has 0 unspecified atom stereocenters. The minimum Gasteiger partial charge on any atom is -0.316 e. The Morgan fingerprint density at radius 2 is 0.524 bits per heavy atom. The van der Waals surface area contributed by atoms with Gasteiger partial charge in [0.15, 0.2) is 24.2 Å². The highest BCUT2D eigenvalue weighted by Gasteiger charge is 2.46. The molecule has 0 bridgehead atoms. The Labute approximate surface area is 495 Å². The van der Waals surface area contributed by atoms with Gasteiger partial charge in [0.05, 0.1) is 22.0 Å². The van der Waals surface area contributed by atoms with Gasteiger partial charge in [0.1, 0.15) is 0 Å². The van der Waals surface area contributed by atoms with Gasteiger partial charge in [-0.25, -0.2) is 0 Å². The molecule has 5 heteroatoms. The van der Waals surface area contributed by atoms with Gasteiger partial charge in [-0.1, -0.05) is 303 Å². The van der Waals surface area contributed by atoms with Crippen molar-refractivity contribution in [1.29, 1.82) is 0 Å².